The van der Waals surface area contributed by atoms with E-state index in [2.05, 4.69) is 10.6 Å². The van der Waals surface area contributed by atoms with Crippen molar-refractivity contribution in [2.45, 2.75) is 25.3 Å². The van der Waals surface area contributed by atoms with E-state index >= 15 is 0 Å². The number of carboxylic acid groups (broad SMARTS) is 1. The van der Waals surface area contributed by atoms with Gasteiger partial charge in [0.15, 0.2) is 0 Å². The van der Waals surface area contributed by atoms with Crippen LogP contribution in [0, 0.1) is 5.82 Å². The zero-order chi connectivity index (χ0) is 13.8. The van der Waals surface area contributed by atoms with Crippen molar-refractivity contribution < 1.29 is 19.1 Å². The fourth-order valence-corrected chi connectivity index (χ4v) is 2.05. The normalized spacial score (nSPS) is 18.9. The molecular formula is C13H15FN2O3. The molecule has 1 heterocycles. The Morgan fingerprint density at radius 1 is 1.37 bits per heavy atom. The highest BCUT2D eigenvalue weighted by Gasteiger charge is 2.21. The predicted octanol–water partition coefficient (Wildman–Crippen LogP) is 1.60. The van der Waals surface area contributed by atoms with Crippen molar-refractivity contribution in [2.24, 2.45) is 0 Å². The smallest absolute Gasteiger partial charge is 0.335 e. The largest absolute Gasteiger partial charge is 0.478 e. The van der Waals surface area contributed by atoms with Crippen molar-refractivity contribution in [1.29, 1.82) is 0 Å². The second-order valence-corrected chi connectivity index (χ2v) is 4.49. The maximum absolute atomic E-state index is 13.5. The van der Waals surface area contributed by atoms with Gasteiger partial charge in [-0.1, -0.05) is 6.42 Å². The van der Waals surface area contributed by atoms with Gasteiger partial charge in [0.25, 0.3) is 0 Å². The molecule has 0 saturated carbocycles. The van der Waals surface area contributed by atoms with E-state index < -0.39 is 11.8 Å². The highest BCUT2D eigenvalue weighted by Crippen LogP contribution is 2.17. The van der Waals surface area contributed by atoms with Gasteiger partial charge < -0.3 is 15.7 Å². The lowest BCUT2D eigenvalue weighted by Gasteiger charge is -2.22. The summed E-state index contributed by atoms with van der Waals surface area (Å²) < 4.78 is 13.5. The molecule has 1 aliphatic heterocycles. The SMILES string of the molecule is O=C(O)c1ccc(F)c(NC(=O)[C@H]2CCCCN2)c1. The number of carbonyl (C=O) groups excluding carboxylic acids is 1. The summed E-state index contributed by atoms with van der Waals surface area (Å²) in [7, 11) is 0. The molecule has 0 spiro atoms. The first-order valence-electron chi connectivity index (χ1n) is 6.15. The number of benzene rings is 1. The Morgan fingerprint density at radius 2 is 2.16 bits per heavy atom. The van der Waals surface area contributed by atoms with Crippen molar-refractivity contribution in [3.8, 4) is 0 Å². The number of carbonyl (C=O) groups is 2. The number of halogens is 1. The van der Waals surface area contributed by atoms with Gasteiger partial charge in [0.1, 0.15) is 5.82 Å². The molecule has 0 aliphatic carbocycles. The highest BCUT2D eigenvalue weighted by atomic mass is 19.1. The van der Waals surface area contributed by atoms with Gasteiger partial charge in [0, 0.05) is 0 Å². The molecule has 6 heteroatoms. The lowest BCUT2D eigenvalue weighted by molar-refractivity contribution is -0.118. The van der Waals surface area contributed by atoms with Crippen molar-refractivity contribution in [3.05, 3.63) is 29.6 Å². The second-order valence-electron chi connectivity index (χ2n) is 4.49. The average molecular weight is 266 g/mol. The van der Waals surface area contributed by atoms with Crippen LogP contribution in [0.2, 0.25) is 0 Å². The standard InChI is InChI=1S/C13H15FN2O3/c14-9-5-4-8(13(18)19)7-11(9)16-12(17)10-3-1-2-6-15-10/h4-5,7,10,15H,1-3,6H2,(H,16,17)(H,18,19)/t10-/m1/s1. The monoisotopic (exact) mass is 266 g/mol. The van der Waals surface area contributed by atoms with E-state index in [0.717, 1.165) is 37.6 Å². The van der Waals surface area contributed by atoms with Gasteiger partial charge in [-0.15, -0.1) is 0 Å². The zero-order valence-electron chi connectivity index (χ0n) is 10.3. The van der Waals surface area contributed by atoms with E-state index in [0.29, 0.717) is 6.42 Å². The summed E-state index contributed by atoms with van der Waals surface area (Å²) in [5.41, 5.74) is -0.162. The van der Waals surface area contributed by atoms with Gasteiger partial charge in [-0.3, -0.25) is 4.79 Å². The van der Waals surface area contributed by atoms with E-state index in [1.807, 2.05) is 0 Å². The quantitative estimate of drug-likeness (QED) is 0.776. The first-order valence-corrected chi connectivity index (χ1v) is 6.15. The third kappa shape index (κ3) is 3.29. The average Bonchev–Trinajstić information content (AvgIpc) is 2.42. The molecule has 2 rings (SSSR count). The Kier molecular flexibility index (Phi) is 4.11. The summed E-state index contributed by atoms with van der Waals surface area (Å²) in [6.45, 7) is 0.760. The van der Waals surface area contributed by atoms with Crippen LogP contribution in [0.25, 0.3) is 0 Å². The Labute approximate surface area is 109 Å². The van der Waals surface area contributed by atoms with Crippen LogP contribution in [-0.4, -0.2) is 29.6 Å². The summed E-state index contributed by atoms with van der Waals surface area (Å²) in [5, 5.41) is 14.3. The number of hydrogen-bond acceptors (Lipinski definition) is 3. The fraction of sp³-hybridized carbons (Fsp3) is 0.385. The number of piperidine rings is 1. The van der Waals surface area contributed by atoms with Crippen LogP contribution in [0.4, 0.5) is 10.1 Å². The van der Waals surface area contributed by atoms with Crippen molar-refractivity contribution in [2.75, 3.05) is 11.9 Å². The molecule has 3 N–H and O–H groups in total. The predicted molar refractivity (Wildman–Crippen MR) is 67.6 cm³/mol. The van der Waals surface area contributed by atoms with Gasteiger partial charge in [0.05, 0.1) is 17.3 Å². The molecule has 0 bridgehead atoms. The van der Waals surface area contributed by atoms with Crippen molar-refractivity contribution in [3.63, 3.8) is 0 Å². The molecule has 19 heavy (non-hydrogen) atoms. The van der Waals surface area contributed by atoms with Gasteiger partial charge >= 0.3 is 5.97 Å². The minimum atomic E-state index is -1.16. The molecule has 1 aliphatic rings. The highest BCUT2D eigenvalue weighted by molar-refractivity contribution is 5.96. The molecule has 0 unspecified atom stereocenters. The van der Waals surface area contributed by atoms with Crippen LogP contribution in [0.5, 0.6) is 0 Å². The molecule has 1 fully saturated rings. The van der Waals surface area contributed by atoms with E-state index in [1.165, 1.54) is 0 Å². The zero-order valence-corrected chi connectivity index (χ0v) is 10.3. The van der Waals surface area contributed by atoms with Gasteiger partial charge in [-0.25, -0.2) is 9.18 Å². The lowest BCUT2D eigenvalue weighted by Crippen LogP contribution is -2.43. The first kappa shape index (κ1) is 13.5. The molecule has 0 aromatic heterocycles. The number of aromatic carboxylic acids is 1. The number of anilines is 1. The summed E-state index contributed by atoms with van der Waals surface area (Å²) in [6, 6.07) is 2.97. The van der Waals surface area contributed by atoms with E-state index in [9.17, 15) is 14.0 Å². The number of rotatable bonds is 3. The van der Waals surface area contributed by atoms with Gasteiger partial charge in [-0.2, -0.15) is 0 Å². The van der Waals surface area contributed by atoms with Gasteiger partial charge in [-0.05, 0) is 37.6 Å². The molecule has 0 radical (unpaired) electrons. The maximum Gasteiger partial charge on any atom is 0.335 e. The summed E-state index contributed by atoms with van der Waals surface area (Å²) >= 11 is 0. The van der Waals surface area contributed by atoms with Crippen molar-refractivity contribution in [1.82, 2.24) is 5.32 Å². The molecule has 1 aromatic rings. The molecule has 1 atom stereocenters. The number of amides is 1. The molecule has 1 amide bonds. The topological polar surface area (TPSA) is 78.4 Å². The van der Waals surface area contributed by atoms with E-state index in [-0.39, 0.29) is 23.2 Å². The van der Waals surface area contributed by atoms with Crippen LogP contribution in [-0.2, 0) is 4.79 Å². The third-order valence-electron chi connectivity index (χ3n) is 3.10. The maximum atomic E-state index is 13.5. The summed E-state index contributed by atoms with van der Waals surface area (Å²) in [4.78, 5) is 22.7. The second kappa shape index (κ2) is 5.79. The minimum absolute atomic E-state index is 0.0618. The number of nitrogens with one attached hydrogen (secondary N) is 2. The van der Waals surface area contributed by atoms with Crippen LogP contribution in [0.3, 0.4) is 0 Å². The van der Waals surface area contributed by atoms with E-state index in [4.69, 9.17) is 5.11 Å². The lowest BCUT2D eigenvalue weighted by atomic mass is 10.0. The van der Waals surface area contributed by atoms with Crippen LogP contribution in [0.1, 0.15) is 29.6 Å². The molecule has 1 saturated heterocycles. The van der Waals surface area contributed by atoms with Crippen LogP contribution < -0.4 is 10.6 Å². The summed E-state index contributed by atoms with van der Waals surface area (Å²) in [6.07, 6.45) is 2.67. The number of hydrogen-bond donors (Lipinski definition) is 3. The van der Waals surface area contributed by atoms with Crippen LogP contribution >= 0.6 is 0 Å². The van der Waals surface area contributed by atoms with Gasteiger partial charge in [0.2, 0.25) is 5.91 Å². The van der Waals surface area contributed by atoms with Crippen molar-refractivity contribution >= 4 is 17.6 Å². The molecular weight excluding hydrogens is 251 g/mol. The Hall–Kier alpha value is -1.95. The fourth-order valence-electron chi connectivity index (χ4n) is 2.05. The Balaban J connectivity index is 2.11. The van der Waals surface area contributed by atoms with E-state index in [1.54, 1.807) is 0 Å². The Morgan fingerprint density at radius 3 is 2.79 bits per heavy atom. The summed E-state index contributed by atoms with van der Waals surface area (Å²) in [5.74, 6) is -2.14. The molecule has 102 valence electrons. The minimum Gasteiger partial charge on any atom is -0.478 e. The Bertz CT molecular complexity index is 499. The third-order valence-corrected chi connectivity index (χ3v) is 3.10. The molecule has 5 nitrogen and oxygen atoms in total. The first-order chi connectivity index (χ1) is 9.08. The molecule has 1 aromatic carbocycles. The number of carboxylic acids is 1. The van der Waals surface area contributed by atoms with Crippen LogP contribution in [0.15, 0.2) is 18.2 Å².